The predicted octanol–water partition coefficient (Wildman–Crippen LogP) is 4.19. The maximum absolute atomic E-state index is 13.6. The highest BCUT2D eigenvalue weighted by Gasteiger charge is 2.40. The van der Waals surface area contributed by atoms with Gasteiger partial charge in [-0.15, -0.1) is 0 Å². The fourth-order valence-electron chi connectivity index (χ4n) is 2.37. The Morgan fingerprint density at radius 2 is 2.18 bits per heavy atom. The van der Waals surface area contributed by atoms with Gasteiger partial charge in [0.2, 0.25) is 0 Å². The topological polar surface area (TPSA) is 9.23 Å². The lowest BCUT2D eigenvalue weighted by molar-refractivity contribution is 0.317. The lowest BCUT2D eigenvalue weighted by Crippen LogP contribution is -2.24. The number of benzene rings is 1. The van der Waals surface area contributed by atoms with E-state index in [4.69, 9.17) is 4.74 Å². The van der Waals surface area contributed by atoms with Gasteiger partial charge in [0.1, 0.15) is 0 Å². The van der Waals surface area contributed by atoms with E-state index in [1.807, 2.05) is 6.07 Å². The summed E-state index contributed by atoms with van der Waals surface area (Å²) in [5, 5.41) is 0.971. The highest BCUT2D eigenvalue weighted by atomic mass is 79.9. The fraction of sp³-hybridized carbons (Fsp3) is 0.571. The second-order valence-electron chi connectivity index (χ2n) is 5.21. The van der Waals surface area contributed by atoms with E-state index < -0.39 is 0 Å². The standard InChI is InChI=1S/C14H18BrFO/c1-14(9-15,11-4-5-11)8-10-3-6-13(17-2)12(16)7-10/h3,6-7,11H,4-5,8-9H2,1-2H3. The summed E-state index contributed by atoms with van der Waals surface area (Å²) >= 11 is 3.60. The SMILES string of the molecule is COc1ccc(CC(C)(CBr)C2CC2)cc1F. The number of hydrogen-bond acceptors (Lipinski definition) is 1. The highest BCUT2D eigenvalue weighted by molar-refractivity contribution is 9.09. The molecule has 0 bridgehead atoms. The van der Waals surface area contributed by atoms with Crippen molar-refractivity contribution in [3.8, 4) is 5.75 Å². The first-order valence-corrected chi connectivity index (χ1v) is 7.09. The second kappa shape index (κ2) is 4.97. The Morgan fingerprint density at radius 3 is 2.65 bits per heavy atom. The van der Waals surface area contributed by atoms with Gasteiger partial charge in [0.05, 0.1) is 7.11 Å². The molecule has 1 aromatic rings. The van der Waals surface area contributed by atoms with Crippen molar-refractivity contribution in [2.75, 3.05) is 12.4 Å². The number of halogens is 2. The smallest absolute Gasteiger partial charge is 0.165 e. The van der Waals surface area contributed by atoms with Crippen molar-refractivity contribution in [1.82, 2.24) is 0 Å². The third-order valence-corrected chi connectivity index (χ3v) is 4.97. The molecule has 0 spiro atoms. The van der Waals surface area contributed by atoms with Gasteiger partial charge < -0.3 is 4.74 Å². The summed E-state index contributed by atoms with van der Waals surface area (Å²) in [5.41, 5.74) is 1.30. The Labute approximate surface area is 110 Å². The molecule has 1 aromatic carbocycles. The molecular weight excluding hydrogens is 283 g/mol. The Balaban J connectivity index is 2.15. The first kappa shape index (κ1) is 12.9. The van der Waals surface area contributed by atoms with E-state index in [2.05, 4.69) is 22.9 Å². The molecule has 0 saturated heterocycles. The molecule has 1 saturated carbocycles. The number of ether oxygens (including phenoxy) is 1. The Bertz CT molecular complexity index is 403. The van der Waals surface area contributed by atoms with E-state index in [0.29, 0.717) is 5.75 Å². The van der Waals surface area contributed by atoms with Crippen LogP contribution in [0.15, 0.2) is 18.2 Å². The van der Waals surface area contributed by atoms with E-state index in [-0.39, 0.29) is 11.2 Å². The van der Waals surface area contributed by atoms with E-state index >= 15 is 0 Å². The third-order valence-electron chi connectivity index (χ3n) is 3.69. The molecule has 94 valence electrons. The zero-order valence-electron chi connectivity index (χ0n) is 10.3. The van der Waals surface area contributed by atoms with Crippen LogP contribution in [0.5, 0.6) is 5.75 Å². The average molecular weight is 301 g/mol. The van der Waals surface area contributed by atoms with Crippen LogP contribution in [0.25, 0.3) is 0 Å². The van der Waals surface area contributed by atoms with Crippen LogP contribution in [-0.4, -0.2) is 12.4 Å². The molecule has 0 radical (unpaired) electrons. The van der Waals surface area contributed by atoms with Crippen LogP contribution in [-0.2, 0) is 6.42 Å². The molecule has 1 unspecified atom stereocenters. The summed E-state index contributed by atoms with van der Waals surface area (Å²) in [6.45, 7) is 2.28. The van der Waals surface area contributed by atoms with E-state index in [9.17, 15) is 4.39 Å². The molecule has 0 aliphatic heterocycles. The maximum atomic E-state index is 13.6. The summed E-state index contributed by atoms with van der Waals surface area (Å²) in [7, 11) is 1.49. The lowest BCUT2D eigenvalue weighted by atomic mass is 9.81. The van der Waals surface area contributed by atoms with Gasteiger partial charge >= 0.3 is 0 Å². The zero-order valence-corrected chi connectivity index (χ0v) is 11.9. The number of hydrogen-bond donors (Lipinski definition) is 0. The van der Waals surface area contributed by atoms with Crippen LogP contribution in [0.1, 0.15) is 25.3 Å². The van der Waals surface area contributed by atoms with Gasteiger partial charge in [0.25, 0.3) is 0 Å². The van der Waals surface area contributed by atoms with Crippen LogP contribution < -0.4 is 4.74 Å². The zero-order chi connectivity index (χ0) is 12.5. The quantitative estimate of drug-likeness (QED) is 0.741. The molecule has 1 aliphatic rings. The molecule has 1 aliphatic carbocycles. The van der Waals surface area contributed by atoms with Gasteiger partial charge in [-0.2, -0.15) is 0 Å². The van der Waals surface area contributed by atoms with Crippen LogP contribution in [0.2, 0.25) is 0 Å². The highest BCUT2D eigenvalue weighted by Crippen LogP contribution is 2.48. The fourth-order valence-corrected chi connectivity index (χ4v) is 3.02. The molecule has 0 aromatic heterocycles. The van der Waals surface area contributed by atoms with Gasteiger partial charge in [0, 0.05) is 5.33 Å². The Morgan fingerprint density at radius 1 is 1.47 bits per heavy atom. The lowest BCUT2D eigenvalue weighted by Gasteiger charge is -2.27. The summed E-state index contributed by atoms with van der Waals surface area (Å²) in [6, 6.07) is 5.28. The van der Waals surface area contributed by atoms with Crippen molar-refractivity contribution in [3.63, 3.8) is 0 Å². The molecule has 1 nitrogen and oxygen atoms in total. The van der Waals surface area contributed by atoms with Gasteiger partial charge in [-0.1, -0.05) is 28.9 Å². The molecule has 17 heavy (non-hydrogen) atoms. The van der Waals surface area contributed by atoms with Crippen molar-refractivity contribution >= 4 is 15.9 Å². The van der Waals surface area contributed by atoms with Gasteiger partial charge in [0.15, 0.2) is 11.6 Å². The first-order chi connectivity index (χ1) is 8.09. The summed E-state index contributed by atoms with van der Waals surface area (Å²) in [6.07, 6.45) is 3.53. The molecule has 3 heteroatoms. The summed E-state index contributed by atoms with van der Waals surface area (Å²) in [4.78, 5) is 0. The van der Waals surface area contributed by atoms with Crippen molar-refractivity contribution in [2.45, 2.75) is 26.2 Å². The summed E-state index contributed by atoms with van der Waals surface area (Å²) < 4.78 is 18.5. The summed E-state index contributed by atoms with van der Waals surface area (Å²) in [5.74, 6) is 0.838. The molecule has 0 heterocycles. The van der Waals surface area contributed by atoms with Crippen LogP contribution in [0.4, 0.5) is 4.39 Å². The predicted molar refractivity (Wildman–Crippen MR) is 71.3 cm³/mol. The van der Waals surface area contributed by atoms with E-state index in [1.165, 1.54) is 20.0 Å². The van der Waals surface area contributed by atoms with E-state index in [0.717, 1.165) is 23.2 Å². The van der Waals surface area contributed by atoms with Crippen molar-refractivity contribution < 1.29 is 9.13 Å². The van der Waals surface area contributed by atoms with Crippen molar-refractivity contribution in [3.05, 3.63) is 29.6 Å². The van der Waals surface area contributed by atoms with Gasteiger partial charge in [-0.25, -0.2) is 4.39 Å². The molecule has 1 atom stereocenters. The van der Waals surface area contributed by atoms with E-state index in [1.54, 1.807) is 12.1 Å². The molecule has 0 N–H and O–H groups in total. The molecular formula is C14H18BrFO. The van der Waals surface area contributed by atoms with Crippen LogP contribution in [0.3, 0.4) is 0 Å². The average Bonchev–Trinajstić information content (AvgIpc) is 3.13. The number of methoxy groups -OCH3 is 1. The van der Waals surface area contributed by atoms with Gasteiger partial charge in [-0.05, 0) is 48.3 Å². The number of alkyl halides is 1. The minimum Gasteiger partial charge on any atom is -0.494 e. The first-order valence-electron chi connectivity index (χ1n) is 5.97. The monoisotopic (exact) mass is 300 g/mol. The maximum Gasteiger partial charge on any atom is 0.165 e. The second-order valence-corrected chi connectivity index (χ2v) is 5.77. The minimum atomic E-state index is -0.266. The minimum absolute atomic E-state index is 0.251. The van der Waals surface area contributed by atoms with Crippen LogP contribution >= 0.6 is 15.9 Å². The Kier molecular flexibility index (Phi) is 3.76. The molecule has 0 amide bonds. The third kappa shape index (κ3) is 2.82. The molecule has 1 fully saturated rings. The largest absolute Gasteiger partial charge is 0.494 e. The van der Waals surface area contributed by atoms with Crippen LogP contribution in [0, 0.1) is 17.2 Å². The van der Waals surface area contributed by atoms with Crippen molar-refractivity contribution in [1.29, 1.82) is 0 Å². The Hall–Kier alpha value is -0.570. The van der Waals surface area contributed by atoms with Crippen molar-refractivity contribution in [2.24, 2.45) is 11.3 Å². The normalized spacial score (nSPS) is 18.8. The van der Waals surface area contributed by atoms with Gasteiger partial charge in [-0.3, -0.25) is 0 Å². The molecule has 2 rings (SSSR count). The number of rotatable bonds is 5.